The van der Waals surface area contributed by atoms with Gasteiger partial charge in [-0.05, 0) is 37.1 Å². The maximum absolute atomic E-state index is 12.4. The molecule has 1 aromatic carbocycles. The highest BCUT2D eigenvalue weighted by molar-refractivity contribution is 5.76. The molecule has 0 unspecified atom stereocenters. The second kappa shape index (κ2) is 7.51. The molecular weight excluding hydrogens is 293 g/mol. The zero-order chi connectivity index (χ0) is 16.0. The third-order valence-corrected chi connectivity index (χ3v) is 3.86. The first-order valence-corrected chi connectivity index (χ1v) is 7.65. The number of amides is 1. The minimum atomic E-state index is -4.32. The summed E-state index contributed by atoms with van der Waals surface area (Å²) in [6.07, 6.45) is 1.64. The van der Waals surface area contributed by atoms with Gasteiger partial charge in [0.05, 0.1) is 5.56 Å². The summed E-state index contributed by atoms with van der Waals surface area (Å²) in [5.74, 6) is -0.00804. The lowest BCUT2D eigenvalue weighted by molar-refractivity contribution is -0.137. The predicted octanol–water partition coefficient (Wildman–Crippen LogP) is 3.96. The molecule has 0 spiro atoms. The lowest BCUT2D eigenvalue weighted by atomic mass is 9.95. The zero-order valence-corrected chi connectivity index (χ0v) is 12.4. The van der Waals surface area contributed by atoms with E-state index in [9.17, 15) is 18.0 Å². The predicted molar refractivity (Wildman–Crippen MR) is 79.6 cm³/mol. The van der Waals surface area contributed by atoms with E-state index in [1.807, 2.05) is 0 Å². The smallest absolute Gasteiger partial charge is 0.385 e. The number of hydrogen-bond donors (Lipinski definition) is 2. The van der Waals surface area contributed by atoms with Crippen molar-refractivity contribution in [3.63, 3.8) is 0 Å². The number of carbonyl (C=O) groups is 1. The van der Waals surface area contributed by atoms with E-state index in [4.69, 9.17) is 0 Å². The highest BCUT2D eigenvalue weighted by Crippen LogP contribution is 2.29. The summed E-state index contributed by atoms with van der Waals surface area (Å²) in [6, 6.07) is 5.10. The van der Waals surface area contributed by atoms with Crippen LogP contribution in [0.15, 0.2) is 24.3 Å². The molecule has 0 radical (unpaired) electrons. The van der Waals surface area contributed by atoms with E-state index in [1.54, 1.807) is 0 Å². The second-order valence-corrected chi connectivity index (χ2v) is 5.65. The van der Waals surface area contributed by atoms with E-state index in [0.29, 0.717) is 18.7 Å². The molecule has 1 fully saturated rings. The molecule has 0 aliphatic heterocycles. The van der Waals surface area contributed by atoms with Crippen LogP contribution in [-0.4, -0.2) is 18.5 Å². The summed E-state index contributed by atoms with van der Waals surface area (Å²) in [4.78, 5) is 11.8. The standard InChI is InChI=1S/C16H21F3N2O/c17-16(18,19)12-6-8-13(9-7-12)20-11-10-15(22)21-14-4-2-1-3-5-14/h6-9,14,20H,1-5,10-11H2,(H,21,22). The summed E-state index contributed by atoms with van der Waals surface area (Å²) in [7, 11) is 0. The summed E-state index contributed by atoms with van der Waals surface area (Å²) in [5.41, 5.74) is -0.0912. The molecule has 0 bridgehead atoms. The molecule has 0 heterocycles. The SMILES string of the molecule is O=C(CCNc1ccc(C(F)(F)F)cc1)NC1CCCCC1. The van der Waals surface area contributed by atoms with E-state index in [0.717, 1.165) is 37.8 Å². The summed E-state index contributed by atoms with van der Waals surface area (Å²) >= 11 is 0. The monoisotopic (exact) mass is 314 g/mol. The quantitative estimate of drug-likeness (QED) is 0.864. The van der Waals surface area contributed by atoms with Gasteiger partial charge in [-0.3, -0.25) is 4.79 Å². The topological polar surface area (TPSA) is 41.1 Å². The Hall–Kier alpha value is -1.72. The third-order valence-electron chi connectivity index (χ3n) is 3.86. The molecule has 1 saturated carbocycles. The minimum absolute atomic E-state index is 0.00804. The average Bonchev–Trinajstić information content (AvgIpc) is 2.48. The fraction of sp³-hybridized carbons (Fsp3) is 0.562. The van der Waals surface area contributed by atoms with Gasteiger partial charge in [0, 0.05) is 24.7 Å². The van der Waals surface area contributed by atoms with E-state index < -0.39 is 11.7 Å². The highest BCUT2D eigenvalue weighted by Gasteiger charge is 2.29. The van der Waals surface area contributed by atoms with Gasteiger partial charge in [-0.25, -0.2) is 0 Å². The van der Waals surface area contributed by atoms with E-state index in [1.165, 1.54) is 18.6 Å². The molecular formula is C16H21F3N2O. The lowest BCUT2D eigenvalue weighted by Crippen LogP contribution is -2.36. The molecule has 1 aliphatic rings. The van der Waals surface area contributed by atoms with Crippen LogP contribution in [0.1, 0.15) is 44.1 Å². The van der Waals surface area contributed by atoms with Crippen molar-refractivity contribution in [2.75, 3.05) is 11.9 Å². The van der Waals surface area contributed by atoms with Crippen LogP contribution in [0.5, 0.6) is 0 Å². The molecule has 0 aromatic heterocycles. The average molecular weight is 314 g/mol. The molecule has 2 N–H and O–H groups in total. The van der Waals surface area contributed by atoms with E-state index in [-0.39, 0.29) is 11.9 Å². The first-order chi connectivity index (χ1) is 10.4. The fourth-order valence-corrected chi connectivity index (χ4v) is 2.64. The van der Waals surface area contributed by atoms with Crippen molar-refractivity contribution in [3.05, 3.63) is 29.8 Å². The van der Waals surface area contributed by atoms with Crippen LogP contribution in [0.2, 0.25) is 0 Å². The van der Waals surface area contributed by atoms with Crippen molar-refractivity contribution >= 4 is 11.6 Å². The van der Waals surface area contributed by atoms with E-state index >= 15 is 0 Å². The van der Waals surface area contributed by atoms with Crippen LogP contribution >= 0.6 is 0 Å². The normalized spacial score (nSPS) is 16.3. The molecule has 122 valence electrons. The van der Waals surface area contributed by atoms with Gasteiger partial charge in [0.15, 0.2) is 0 Å². The van der Waals surface area contributed by atoms with Gasteiger partial charge in [-0.15, -0.1) is 0 Å². The number of rotatable bonds is 5. The summed E-state index contributed by atoms with van der Waals surface area (Å²) < 4.78 is 37.3. The molecule has 1 amide bonds. The van der Waals surface area contributed by atoms with Crippen molar-refractivity contribution in [2.24, 2.45) is 0 Å². The summed E-state index contributed by atoms with van der Waals surface area (Å²) in [5, 5.41) is 5.97. The van der Waals surface area contributed by atoms with Gasteiger partial charge < -0.3 is 10.6 Å². The number of carbonyl (C=O) groups excluding carboxylic acids is 1. The Kier molecular flexibility index (Phi) is 5.69. The molecule has 2 rings (SSSR count). The largest absolute Gasteiger partial charge is 0.416 e. The Bertz CT molecular complexity index is 479. The Morgan fingerprint density at radius 1 is 1.09 bits per heavy atom. The number of anilines is 1. The summed E-state index contributed by atoms with van der Waals surface area (Å²) in [6.45, 7) is 0.407. The number of hydrogen-bond acceptors (Lipinski definition) is 2. The molecule has 1 aliphatic carbocycles. The van der Waals surface area contributed by atoms with Crippen molar-refractivity contribution in [1.82, 2.24) is 5.32 Å². The second-order valence-electron chi connectivity index (χ2n) is 5.65. The van der Waals surface area contributed by atoms with Crippen LogP contribution in [-0.2, 0) is 11.0 Å². The number of nitrogens with one attached hydrogen (secondary N) is 2. The zero-order valence-electron chi connectivity index (χ0n) is 12.4. The van der Waals surface area contributed by atoms with Gasteiger partial charge in [-0.2, -0.15) is 13.2 Å². The van der Waals surface area contributed by atoms with Crippen LogP contribution in [0.4, 0.5) is 18.9 Å². The number of alkyl halides is 3. The Morgan fingerprint density at radius 2 is 1.73 bits per heavy atom. The maximum Gasteiger partial charge on any atom is 0.416 e. The van der Waals surface area contributed by atoms with Crippen molar-refractivity contribution < 1.29 is 18.0 Å². The van der Waals surface area contributed by atoms with Gasteiger partial charge in [0.1, 0.15) is 0 Å². The maximum atomic E-state index is 12.4. The van der Waals surface area contributed by atoms with Crippen molar-refractivity contribution in [1.29, 1.82) is 0 Å². The first-order valence-electron chi connectivity index (χ1n) is 7.65. The van der Waals surface area contributed by atoms with Gasteiger partial charge in [0.25, 0.3) is 0 Å². The molecule has 6 heteroatoms. The van der Waals surface area contributed by atoms with Crippen LogP contribution in [0.25, 0.3) is 0 Å². The van der Waals surface area contributed by atoms with Gasteiger partial charge in [-0.1, -0.05) is 19.3 Å². The fourth-order valence-electron chi connectivity index (χ4n) is 2.64. The Balaban J connectivity index is 1.70. The highest BCUT2D eigenvalue weighted by atomic mass is 19.4. The third kappa shape index (κ3) is 5.24. The lowest BCUT2D eigenvalue weighted by Gasteiger charge is -2.22. The number of halogens is 3. The molecule has 0 atom stereocenters. The van der Waals surface area contributed by atoms with Crippen LogP contribution in [0, 0.1) is 0 Å². The molecule has 3 nitrogen and oxygen atoms in total. The number of benzene rings is 1. The first kappa shape index (κ1) is 16.6. The van der Waals surface area contributed by atoms with Gasteiger partial charge >= 0.3 is 6.18 Å². The molecule has 1 aromatic rings. The minimum Gasteiger partial charge on any atom is -0.385 e. The molecule has 22 heavy (non-hydrogen) atoms. The van der Waals surface area contributed by atoms with Crippen molar-refractivity contribution in [3.8, 4) is 0 Å². The van der Waals surface area contributed by atoms with Crippen LogP contribution in [0.3, 0.4) is 0 Å². The Labute approximate surface area is 128 Å². The van der Waals surface area contributed by atoms with Crippen molar-refractivity contribution in [2.45, 2.75) is 50.7 Å². The van der Waals surface area contributed by atoms with E-state index in [2.05, 4.69) is 10.6 Å². The van der Waals surface area contributed by atoms with Gasteiger partial charge in [0.2, 0.25) is 5.91 Å². The Morgan fingerprint density at radius 3 is 2.32 bits per heavy atom. The van der Waals surface area contributed by atoms with Crippen LogP contribution < -0.4 is 10.6 Å². The molecule has 0 saturated heterocycles.